The van der Waals surface area contributed by atoms with Crippen LogP contribution in [0.1, 0.15) is 42.6 Å². The van der Waals surface area contributed by atoms with Crippen LogP contribution in [-0.2, 0) is 16.1 Å². The molecule has 0 heterocycles. The molecule has 0 aliphatic heterocycles. The summed E-state index contributed by atoms with van der Waals surface area (Å²) in [5.74, 6) is 0.180. The predicted octanol–water partition coefficient (Wildman–Crippen LogP) is 3.73. The van der Waals surface area contributed by atoms with Crippen LogP contribution in [-0.4, -0.2) is 22.3 Å². The molecule has 0 radical (unpaired) electrons. The van der Waals surface area contributed by atoms with Crippen molar-refractivity contribution in [2.75, 3.05) is 0 Å². The molecule has 2 aromatic carbocycles. The van der Waals surface area contributed by atoms with E-state index >= 15 is 0 Å². The molecule has 0 bridgehead atoms. The lowest BCUT2D eigenvalue weighted by Gasteiger charge is -2.17. The van der Waals surface area contributed by atoms with Gasteiger partial charge in [-0.15, -0.1) is 0 Å². The van der Waals surface area contributed by atoms with Gasteiger partial charge in [-0.05, 0) is 48.2 Å². The van der Waals surface area contributed by atoms with Gasteiger partial charge in [0, 0.05) is 12.5 Å². The molecule has 1 saturated carbocycles. The van der Waals surface area contributed by atoms with Gasteiger partial charge >= 0.3 is 5.97 Å². The Morgan fingerprint density at radius 3 is 2.52 bits per heavy atom. The molecule has 0 amide bonds. The second kappa shape index (κ2) is 7.33. The minimum atomic E-state index is -1.08. The van der Waals surface area contributed by atoms with E-state index in [2.05, 4.69) is 0 Å². The van der Waals surface area contributed by atoms with E-state index in [-0.39, 0.29) is 22.9 Å². The highest BCUT2D eigenvalue weighted by molar-refractivity contribution is 6.31. The fourth-order valence-electron chi connectivity index (χ4n) is 2.47. The molecule has 2 aromatic rings. The fourth-order valence-corrected chi connectivity index (χ4v) is 2.81. The number of hydrogen-bond donors (Lipinski definition) is 2. The van der Waals surface area contributed by atoms with Gasteiger partial charge in [0.1, 0.15) is 24.2 Å². The van der Waals surface area contributed by atoms with Crippen LogP contribution in [0.3, 0.4) is 0 Å². The summed E-state index contributed by atoms with van der Waals surface area (Å²) < 4.78 is 10.6. The first kappa shape index (κ1) is 17.6. The number of phenols is 1. The zero-order valence-electron chi connectivity index (χ0n) is 13.7. The Balaban J connectivity index is 1.78. The van der Waals surface area contributed by atoms with Gasteiger partial charge in [-0.25, -0.2) is 0 Å². The highest BCUT2D eigenvalue weighted by Gasteiger charge is 2.24. The molecule has 2 N–H and O–H groups in total. The Morgan fingerprint density at radius 1 is 1.28 bits per heavy atom. The number of aliphatic hydroxyl groups is 1. The van der Waals surface area contributed by atoms with Crippen molar-refractivity contribution in [1.29, 1.82) is 0 Å². The summed E-state index contributed by atoms with van der Waals surface area (Å²) in [7, 11) is 0. The number of ether oxygens (including phenoxy) is 2. The third-order valence-corrected chi connectivity index (χ3v) is 4.22. The van der Waals surface area contributed by atoms with E-state index in [0.29, 0.717) is 17.2 Å². The lowest BCUT2D eigenvalue weighted by Crippen LogP contribution is -2.04. The molecule has 132 valence electrons. The zero-order chi connectivity index (χ0) is 18.0. The number of halogens is 1. The highest BCUT2D eigenvalue weighted by Crippen LogP contribution is 2.37. The van der Waals surface area contributed by atoms with Crippen molar-refractivity contribution < 1.29 is 24.5 Å². The van der Waals surface area contributed by atoms with Crippen molar-refractivity contribution in [1.82, 2.24) is 0 Å². The number of phenolic OH excluding ortho intramolecular Hbond substituents is 1. The van der Waals surface area contributed by atoms with Gasteiger partial charge in [-0.2, -0.15) is 0 Å². The standard InChI is InChI=1S/C19H19ClO5/c1-11(21)24-10-12-8-16(20)18(17(22)9-12)19(23)13-2-4-14(5-3-13)25-15-6-7-15/h2-5,8-9,15,19,22-23H,6-7,10H2,1H3. The average Bonchev–Trinajstić information content (AvgIpc) is 3.37. The molecule has 1 fully saturated rings. The first-order valence-electron chi connectivity index (χ1n) is 8.03. The van der Waals surface area contributed by atoms with Crippen LogP contribution >= 0.6 is 11.6 Å². The number of rotatable bonds is 6. The van der Waals surface area contributed by atoms with Gasteiger partial charge in [-0.1, -0.05) is 23.7 Å². The number of benzene rings is 2. The molecule has 1 atom stereocenters. The van der Waals surface area contributed by atoms with Gasteiger partial charge in [0.25, 0.3) is 0 Å². The molecular formula is C19H19ClO5. The third kappa shape index (κ3) is 4.44. The predicted molar refractivity (Wildman–Crippen MR) is 92.7 cm³/mol. The summed E-state index contributed by atoms with van der Waals surface area (Å²) in [4.78, 5) is 10.9. The number of carbonyl (C=O) groups excluding carboxylic acids is 1. The first-order chi connectivity index (χ1) is 11.9. The summed E-state index contributed by atoms with van der Waals surface area (Å²) in [6.45, 7) is 1.31. The molecule has 6 heteroatoms. The molecule has 1 unspecified atom stereocenters. The minimum Gasteiger partial charge on any atom is -0.507 e. The quantitative estimate of drug-likeness (QED) is 0.766. The largest absolute Gasteiger partial charge is 0.507 e. The summed E-state index contributed by atoms with van der Waals surface area (Å²) in [5, 5.41) is 21.0. The van der Waals surface area contributed by atoms with E-state index in [0.717, 1.165) is 18.6 Å². The lowest BCUT2D eigenvalue weighted by molar-refractivity contribution is -0.142. The summed E-state index contributed by atoms with van der Waals surface area (Å²) >= 11 is 6.22. The molecular weight excluding hydrogens is 344 g/mol. The van der Waals surface area contributed by atoms with Crippen LogP contribution in [0.5, 0.6) is 11.5 Å². The topological polar surface area (TPSA) is 76.0 Å². The van der Waals surface area contributed by atoms with Crippen LogP contribution in [0.15, 0.2) is 36.4 Å². The maximum Gasteiger partial charge on any atom is 0.302 e. The smallest absolute Gasteiger partial charge is 0.302 e. The highest BCUT2D eigenvalue weighted by atomic mass is 35.5. The SMILES string of the molecule is CC(=O)OCc1cc(O)c(C(O)c2ccc(OC3CC3)cc2)c(Cl)c1. The molecule has 0 spiro atoms. The number of carbonyl (C=O) groups is 1. The Morgan fingerprint density at radius 2 is 1.96 bits per heavy atom. The van der Waals surface area contributed by atoms with E-state index in [1.165, 1.54) is 13.0 Å². The molecule has 1 aliphatic rings. The maximum absolute atomic E-state index is 10.9. The Labute approximate surface area is 150 Å². The summed E-state index contributed by atoms with van der Waals surface area (Å²) in [5.41, 5.74) is 1.35. The number of aliphatic hydroxyl groups excluding tert-OH is 1. The lowest BCUT2D eigenvalue weighted by atomic mass is 9.99. The second-order valence-corrected chi connectivity index (χ2v) is 6.49. The van der Waals surface area contributed by atoms with E-state index in [9.17, 15) is 15.0 Å². The van der Waals surface area contributed by atoms with Gasteiger partial charge < -0.3 is 19.7 Å². The van der Waals surface area contributed by atoms with Gasteiger partial charge in [0.2, 0.25) is 0 Å². The second-order valence-electron chi connectivity index (χ2n) is 6.08. The van der Waals surface area contributed by atoms with E-state index in [1.54, 1.807) is 30.3 Å². The number of hydrogen-bond acceptors (Lipinski definition) is 5. The van der Waals surface area contributed by atoms with Crippen molar-refractivity contribution >= 4 is 17.6 Å². The Kier molecular flexibility index (Phi) is 5.16. The fraction of sp³-hybridized carbons (Fsp3) is 0.316. The van der Waals surface area contributed by atoms with E-state index in [1.807, 2.05) is 0 Å². The minimum absolute atomic E-state index is 0.00614. The van der Waals surface area contributed by atoms with Crippen molar-refractivity contribution in [3.63, 3.8) is 0 Å². The average molecular weight is 363 g/mol. The van der Waals surface area contributed by atoms with Crippen LogP contribution in [0, 0.1) is 0 Å². The zero-order valence-corrected chi connectivity index (χ0v) is 14.5. The Hall–Kier alpha value is -2.24. The normalized spacial score (nSPS) is 14.8. The molecule has 5 nitrogen and oxygen atoms in total. The van der Waals surface area contributed by atoms with Crippen molar-refractivity contribution in [3.05, 3.63) is 58.1 Å². The van der Waals surface area contributed by atoms with Crippen molar-refractivity contribution in [2.24, 2.45) is 0 Å². The van der Waals surface area contributed by atoms with Crippen LogP contribution < -0.4 is 4.74 Å². The van der Waals surface area contributed by atoms with Gasteiger partial charge in [0.15, 0.2) is 0 Å². The maximum atomic E-state index is 10.9. The number of esters is 1. The molecule has 25 heavy (non-hydrogen) atoms. The first-order valence-corrected chi connectivity index (χ1v) is 8.41. The molecule has 0 aromatic heterocycles. The van der Waals surface area contributed by atoms with Crippen LogP contribution in [0.2, 0.25) is 5.02 Å². The van der Waals surface area contributed by atoms with E-state index in [4.69, 9.17) is 21.1 Å². The van der Waals surface area contributed by atoms with Gasteiger partial charge in [0.05, 0.1) is 11.1 Å². The summed E-state index contributed by atoms with van der Waals surface area (Å²) in [6.07, 6.45) is 1.38. The van der Waals surface area contributed by atoms with Crippen molar-refractivity contribution in [2.45, 2.75) is 38.6 Å². The third-order valence-electron chi connectivity index (χ3n) is 3.91. The van der Waals surface area contributed by atoms with Crippen LogP contribution in [0.4, 0.5) is 0 Å². The Bertz CT molecular complexity index is 745. The molecule has 3 rings (SSSR count). The van der Waals surface area contributed by atoms with Crippen LogP contribution in [0.25, 0.3) is 0 Å². The molecule has 1 aliphatic carbocycles. The summed E-state index contributed by atoms with van der Waals surface area (Å²) in [6, 6.07) is 10.1. The number of aromatic hydroxyl groups is 1. The van der Waals surface area contributed by atoms with E-state index < -0.39 is 12.1 Å². The van der Waals surface area contributed by atoms with Crippen molar-refractivity contribution in [3.8, 4) is 11.5 Å². The molecule has 0 saturated heterocycles. The van der Waals surface area contributed by atoms with Gasteiger partial charge in [-0.3, -0.25) is 4.79 Å². The monoisotopic (exact) mass is 362 g/mol.